The van der Waals surface area contributed by atoms with Crippen LogP contribution in [0.4, 0.5) is 5.69 Å². The minimum Gasteiger partial charge on any atom is -0.497 e. The standard InChI is InChI=1S/C25H30N4O4S/c1-17-8-7-9-23(14-17)28-18(2)15-21(19(28)3)16-26-27-25(30)20(4)29(34(6,31)32)22-10-12-24(33-5)13-11-22/h7-16,20H,1-6H3,(H,27,30)/b26-16-/t20-/m0/s1. The van der Waals surface area contributed by atoms with E-state index in [1.54, 1.807) is 30.5 Å². The highest BCUT2D eigenvalue weighted by Gasteiger charge is 2.29. The number of amides is 1. The van der Waals surface area contributed by atoms with Crippen LogP contribution < -0.4 is 14.5 Å². The number of nitrogens with one attached hydrogen (secondary N) is 1. The first-order valence-electron chi connectivity index (χ1n) is 10.7. The zero-order valence-electron chi connectivity index (χ0n) is 20.2. The molecule has 0 spiro atoms. The number of hydrogen-bond donors (Lipinski definition) is 1. The number of nitrogens with zero attached hydrogens (tertiary/aromatic N) is 3. The third kappa shape index (κ3) is 5.48. The molecular weight excluding hydrogens is 452 g/mol. The van der Waals surface area contributed by atoms with Crippen LogP contribution in [0.1, 0.15) is 29.4 Å². The average Bonchev–Trinajstić information content (AvgIpc) is 3.06. The van der Waals surface area contributed by atoms with Gasteiger partial charge in [-0.15, -0.1) is 0 Å². The summed E-state index contributed by atoms with van der Waals surface area (Å²) in [6.45, 7) is 7.55. The second-order valence-corrected chi connectivity index (χ2v) is 10.0. The highest BCUT2D eigenvalue weighted by Crippen LogP contribution is 2.24. The van der Waals surface area contributed by atoms with Crippen LogP contribution in [-0.2, 0) is 14.8 Å². The van der Waals surface area contributed by atoms with Gasteiger partial charge in [-0.1, -0.05) is 12.1 Å². The smallest absolute Gasteiger partial charge is 0.263 e. The van der Waals surface area contributed by atoms with Gasteiger partial charge < -0.3 is 9.30 Å². The van der Waals surface area contributed by atoms with Gasteiger partial charge in [-0.25, -0.2) is 13.8 Å². The van der Waals surface area contributed by atoms with Crippen molar-refractivity contribution in [3.05, 3.63) is 77.1 Å². The number of rotatable bonds is 8. The van der Waals surface area contributed by atoms with Gasteiger partial charge in [0.15, 0.2) is 0 Å². The predicted molar refractivity (Wildman–Crippen MR) is 135 cm³/mol. The summed E-state index contributed by atoms with van der Waals surface area (Å²) in [5.41, 5.74) is 7.90. The molecule has 1 aromatic heterocycles. The first-order chi connectivity index (χ1) is 16.0. The van der Waals surface area contributed by atoms with E-state index in [1.807, 2.05) is 45.0 Å². The van der Waals surface area contributed by atoms with Crippen molar-refractivity contribution in [1.82, 2.24) is 9.99 Å². The Kier molecular flexibility index (Phi) is 7.46. The Bertz CT molecular complexity index is 1310. The van der Waals surface area contributed by atoms with Gasteiger partial charge in [-0.05, 0) is 75.7 Å². The SMILES string of the molecule is COc1ccc(N([C@@H](C)C(=O)N/N=C\c2cc(C)n(-c3cccc(C)c3)c2C)S(C)(=O)=O)cc1. The normalized spacial score (nSPS) is 12.5. The lowest BCUT2D eigenvalue weighted by molar-refractivity contribution is -0.121. The first kappa shape index (κ1) is 25.0. The monoisotopic (exact) mass is 482 g/mol. The predicted octanol–water partition coefficient (Wildman–Crippen LogP) is 3.72. The van der Waals surface area contributed by atoms with Crippen LogP contribution in [0.2, 0.25) is 0 Å². The summed E-state index contributed by atoms with van der Waals surface area (Å²) >= 11 is 0. The van der Waals surface area contributed by atoms with Crippen LogP contribution in [0, 0.1) is 20.8 Å². The summed E-state index contributed by atoms with van der Waals surface area (Å²) in [5.74, 6) is 0.0344. The van der Waals surface area contributed by atoms with Gasteiger partial charge in [0.1, 0.15) is 11.8 Å². The molecule has 0 aliphatic carbocycles. The molecule has 1 N–H and O–H groups in total. The number of sulfonamides is 1. The van der Waals surface area contributed by atoms with E-state index in [2.05, 4.69) is 21.2 Å². The Morgan fingerprint density at radius 2 is 1.79 bits per heavy atom. The van der Waals surface area contributed by atoms with E-state index >= 15 is 0 Å². The third-order valence-corrected chi connectivity index (χ3v) is 6.77. The molecule has 3 aromatic rings. The Hall–Kier alpha value is -3.59. The minimum absolute atomic E-state index is 0.358. The Morgan fingerprint density at radius 1 is 1.12 bits per heavy atom. The van der Waals surface area contributed by atoms with E-state index < -0.39 is 22.0 Å². The average molecular weight is 483 g/mol. The van der Waals surface area contributed by atoms with E-state index in [0.29, 0.717) is 11.4 Å². The van der Waals surface area contributed by atoms with Crippen molar-refractivity contribution in [2.45, 2.75) is 33.7 Å². The lowest BCUT2D eigenvalue weighted by Crippen LogP contribution is -2.46. The molecule has 1 atom stereocenters. The highest BCUT2D eigenvalue weighted by molar-refractivity contribution is 7.92. The van der Waals surface area contributed by atoms with E-state index in [4.69, 9.17) is 4.74 Å². The van der Waals surface area contributed by atoms with E-state index in [9.17, 15) is 13.2 Å². The van der Waals surface area contributed by atoms with E-state index in [-0.39, 0.29) is 0 Å². The lowest BCUT2D eigenvalue weighted by atomic mass is 10.2. The molecule has 8 nitrogen and oxygen atoms in total. The number of carbonyl (C=O) groups excluding carboxylic acids is 1. The Morgan fingerprint density at radius 3 is 2.38 bits per heavy atom. The molecule has 3 rings (SSSR count). The molecule has 1 heterocycles. The summed E-state index contributed by atoms with van der Waals surface area (Å²) in [4.78, 5) is 12.8. The summed E-state index contributed by atoms with van der Waals surface area (Å²) in [6.07, 6.45) is 2.63. The van der Waals surface area contributed by atoms with Gasteiger partial charge in [0, 0.05) is 22.6 Å². The van der Waals surface area contributed by atoms with Gasteiger partial charge in [0.25, 0.3) is 5.91 Å². The molecule has 0 unspecified atom stereocenters. The van der Waals surface area contributed by atoms with E-state index in [0.717, 1.165) is 38.8 Å². The third-order valence-electron chi connectivity index (χ3n) is 5.52. The fourth-order valence-corrected chi connectivity index (χ4v) is 5.05. The molecule has 34 heavy (non-hydrogen) atoms. The first-order valence-corrected chi connectivity index (χ1v) is 12.6. The quantitative estimate of drug-likeness (QED) is 0.391. The zero-order chi connectivity index (χ0) is 25.0. The summed E-state index contributed by atoms with van der Waals surface area (Å²) < 4.78 is 33.2. The molecule has 0 bridgehead atoms. The molecule has 0 fully saturated rings. The number of carbonyl (C=O) groups is 1. The van der Waals surface area contributed by atoms with Gasteiger partial charge in [0.2, 0.25) is 10.0 Å². The van der Waals surface area contributed by atoms with Crippen molar-refractivity contribution in [2.75, 3.05) is 17.7 Å². The number of ether oxygens (including phenoxy) is 1. The summed E-state index contributed by atoms with van der Waals surface area (Å²) in [7, 11) is -2.20. The zero-order valence-corrected chi connectivity index (χ0v) is 21.1. The van der Waals surface area contributed by atoms with Crippen molar-refractivity contribution >= 4 is 27.8 Å². The summed E-state index contributed by atoms with van der Waals surface area (Å²) in [5, 5.41) is 4.10. The van der Waals surface area contributed by atoms with Gasteiger partial charge in [-0.3, -0.25) is 9.10 Å². The maximum Gasteiger partial charge on any atom is 0.263 e. The van der Waals surface area contributed by atoms with Crippen LogP contribution in [0.5, 0.6) is 5.75 Å². The van der Waals surface area contributed by atoms with Crippen molar-refractivity contribution in [1.29, 1.82) is 0 Å². The molecule has 0 aliphatic heterocycles. The molecular formula is C25H30N4O4S. The molecule has 0 radical (unpaired) electrons. The van der Waals surface area contributed by atoms with Crippen LogP contribution in [-0.4, -0.2) is 44.5 Å². The molecule has 0 saturated carbocycles. The Labute approximate surface area is 200 Å². The fraction of sp³-hybridized carbons (Fsp3) is 0.280. The second-order valence-electron chi connectivity index (χ2n) is 8.17. The van der Waals surface area contributed by atoms with Crippen molar-refractivity contribution in [2.24, 2.45) is 5.10 Å². The van der Waals surface area contributed by atoms with Crippen LogP contribution in [0.3, 0.4) is 0 Å². The van der Waals surface area contributed by atoms with Crippen molar-refractivity contribution in [3.63, 3.8) is 0 Å². The lowest BCUT2D eigenvalue weighted by Gasteiger charge is -2.27. The maximum absolute atomic E-state index is 12.8. The van der Waals surface area contributed by atoms with Gasteiger partial charge in [0.05, 0.1) is 25.3 Å². The van der Waals surface area contributed by atoms with E-state index in [1.165, 1.54) is 14.0 Å². The van der Waals surface area contributed by atoms with Crippen molar-refractivity contribution < 1.29 is 17.9 Å². The molecule has 1 amide bonds. The molecule has 9 heteroatoms. The van der Waals surface area contributed by atoms with Crippen LogP contribution in [0.25, 0.3) is 5.69 Å². The number of hydrogen-bond acceptors (Lipinski definition) is 5. The molecule has 2 aromatic carbocycles. The van der Waals surface area contributed by atoms with Crippen LogP contribution in [0.15, 0.2) is 59.7 Å². The topological polar surface area (TPSA) is 93.0 Å². The van der Waals surface area contributed by atoms with Gasteiger partial charge >= 0.3 is 0 Å². The van der Waals surface area contributed by atoms with Crippen molar-refractivity contribution in [3.8, 4) is 11.4 Å². The number of aromatic nitrogens is 1. The maximum atomic E-state index is 12.8. The minimum atomic E-state index is -3.73. The van der Waals surface area contributed by atoms with Gasteiger partial charge in [-0.2, -0.15) is 5.10 Å². The number of hydrazone groups is 1. The van der Waals surface area contributed by atoms with Crippen LogP contribution >= 0.6 is 0 Å². The summed E-state index contributed by atoms with van der Waals surface area (Å²) in [6, 6.07) is 15.6. The number of benzene rings is 2. The number of methoxy groups -OCH3 is 1. The fourth-order valence-electron chi connectivity index (χ4n) is 3.88. The number of anilines is 1. The molecule has 180 valence electrons. The molecule has 0 aliphatic rings. The second kappa shape index (κ2) is 10.1. The number of aryl methyl sites for hydroxylation is 2. The highest BCUT2D eigenvalue weighted by atomic mass is 32.2. The Balaban J connectivity index is 1.79. The largest absolute Gasteiger partial charge is 0.497 e. The molecule has 0 saturated heterocycles.